The summed E-state index contributed by atoms with van der Waals surface area (Å²) in [5.74, 6) is 0.427. The molecule has 1 saturated heterocycles. The molecule has 1 aromatic heterocycles. The molecule has 0 amide bonds. The molecule has 1 aromatic rings. The fraction of sp³-hybridized carbons (Fsp3) is 0.583. The average Bonchev–Trinajstić information content (AvgIpc) is 2.89. The van der Waals surface area contributed by atoms with E-state index in [1.54, 1.807) is 12.1 Å². The van der Waals surface area contributed by atoms with Crippen LogP contribution in [0.1, 0.15) is 36.2 Å². The van der Waals surface area contributed by atoms with Crippen LogP contribution in [0.4, 0.5) is 0 Å². The summed E-state index contributed by atoms with van der Waals surface area (Å²) >= 11 is 0. The van der Waals surface area contributed by atoms with Crippen LogP contribution in [0.15, 0.2) is 12.1 Å². The number of aromatic nitrogens is 2. The first-order valence-electron chi connectivity index (χ1n) is 5.82. The summed E-state index contributed by atoms with van der Waals surface area (Å²) in [5.41, 5.74) is 0.392. The number of hydrogen-bond donors (Lipinski definition) is 0. The molecule has 0 N–H and O–H groups in total. The quantitative estimate of drug-likeness (QED) is 0.727. The molecule has 0 aliphatic carbocycles. The highest BCUT2D eigenvalue weighted by Crippen LogP contribution is 2.18. The van der Waals surface area contributed by atoms with E-state index in [0.717, 1.165) is 25.9 Å². The molecule has 0 saturated carbocycles. The zero-order valence-corrected chi connectivity index (χ0v) is 9.89. The standard InChI is InChI=1S/C12H16N2O3/c1-16-12-7-5-10(13-14-12)11(15)6-4-9-3-2-8-17-9/h5,7,9H,2-4,6,8H2,1H3. The number of Topliss-reactive ketones (excluding diaryl/α,β-unsaturated/α-hetero) is 1. The number of carbonyl (C=O) groups excluding carboxylic acids is 1. The molecule has 0 radical (unpaired) electrons. The third kappa shape index (κ3) is 3.23. The van der Waals surface area contributed by atoms with Crippen LogP contribution in [0, 0.1) is 0 Å². The molecule has 2 heterocycles. The van der Waals surface area contributed by atoms with Gasteiger partial charge >= 0.3 is 0 Å². The summed E-state index contributed by atoms with van der Waals surface area (Å²) in [7, 11) is 1.52. The monoisotopic (exact) mass is 236 g/mol. The van der Waals surface area contributed by atoms with Gasteiger partial charge in [0.15, 0.2) is 5.78 Å². The molecule has 1 atom stereocenters. The maximum Gasteiger partial charge on any atom is 0.233 e. The van der Waals surface area contributed by atoms with Gasteiger partial charge in [0.25, 0.3) is 0 Å². The SMILES string of the molecule is COc1ccc(C(=O)CCC2CCCO2)nn1. The van der Waals surface area contributed by atoms with Crippen LogP contribution in [-0.4, -0.2) is 35.8 Å². The van der Waals surface area contributed by atoms with Crippen molar-refractivity contribution >= 4 is 5.78 Å². The second-order valence-corrected chi connectivity index (χ2v) is 4.06. The van der Waals surface area contributed by atoms with Crippen LogP contribution in [0.5, 0.6) is 5.88 Å². The van der Waals surface area contributed by atoms with Gasteiger partial charge in [0, 0.05) is 19.1 Å². The van der Waals surface area contributed by atoms with Crippen molar-refractivity contribution < 1.29 is 14.3 Å². The minimum atomic E-state index is 0.00986. The van der Waals surface area contributed by atoms with Crippen molar-refractivity contribution in [2.24, 2.45) is 0 Å². The molecule has 1 fully saturated rings. The lowest BCUT2D eigenvalue weighted by Crippen LogP contribution is -2.10. The van der Waals surface area contributed by atoms with Gasteiger partial charge in [-0.3, -0.25) is 4.79 Å². The third-order valence-corrected chi connectivity index (χ3v) is 2.85. The first-order valence-corrected chi connectivity index (χ1v) is 5.82. The van der Waals surface area contributed by atoms with Gasteiger partial charge in [-0.2, -0.15) is 0 Å². The van der Waals surface area contributed by atoms with E-state index in [2.05, 4.69) is 10.2 Å². The predicted molar refractivity (Wildman–Crippen MR) is 61.1 cm³/mol. The van der Waals surface area contributed by atoms with Crippen molar-refractivity contribution in [3.05, 3.63) is 17.8 Å². The van der Waals surface area contributed by atoms with Gasteiger partial charge in [0.2, 0.25) is 5.88 Å². The first-order chi connectivity index (χ1) is 8.29. The fourth-order valence-corrected chi connectivity index (χ4v) is 1.87. The molecule has 1 aliphatic rings. The smallest absolute Gasteiger partial charge is 0.233 e. The van der Waals surface area contributed by atoms with E-state index in [9.17, 15) is 4.79 Å². The molecule has 0 aromatic carbocycles. The predicted octanol–water partition coefficient (Wildman–Crippen LogP) is 1.63. The van der Waals surface area contributed by atoms with E-state index >= 15 is 0 Å². The summed E-state index contributed by atoms with van der Waals surface area (Å²) < 4.78 is 10.4. The number of nitrogens with zero attached hydrogens (tertiary/aromatic N) is 2. The van der Waals surface area contributed by atoms with Crippen molar-refractivity contribution in [3.8, 4) is 5.88 Å². The lowest BCUT2D eigenvalue weighted by Gasteiger charge is -2.07. The normalized spacial score (nSPS) is 19.2. The van der Waals surface area contributed by atoms with Crippen molar-refractivity contribution in [1.29, 1.82) is 0 Å². The zero-order chi connectivity index (χ0) is 12.1. The van der Waals surface area contributed by atoms with Crippen LogP contribution < -0.4 is 4.74 Å². The average molecular weight is 236 g/mol. The number of ether oxygens (including phenoxy) is 2. The second kappa shape index (κ2) is 5.72. The Morgan fingerprint density at radius 3 is 3.00 bits per heavy atom. The molecule has 1 unspecified atom stereocenters. The Kier molecular flexibility index (Phi) is 4.03. The molecule has 1 aliphatic heterocycles. The summed E-state index contributed by atoms with van der Waals surface area (Å²) in [6, 6.07) is 3.29. The Labute approximate surface area is 100 Å². The molecule has 0 spiro atoms. The Bertz CT molecular complexity index is 372. The van der Waals surface area contributed by atoms with Crippen LogP contribution in [0.2, 0.25) is 0 Å². The Hall–Kier alpha value is -1.49. The first kappa shape index (κ1) is 12.0. The van der Waals surface area contributed by atoms with Crippen molar-refractivity contribution in [2.75, 3.05) is 13.7 Å². The number of methoxy groups -OCH3 is 1. The van der Waals surface area contributed by atoms with Crippen molar-refractivity contribution in [3.63, 3.8) is 0 Å². The summed E-state index contributed by atoms with van der Waals surface area (Å²) in [5, 5.41) is 7.60. The Morgan fingerprint density at radius 1 is 1.53 bits per heavy atom. The number of ketones is 1. The van der Waals surface area contributed by atoms with Gasteiger partial charge in [-0.1, -0.05) is 0 Å². The van der Waals surface area contributed by atoms with Gasteiger partial charge < -0.3 is 9.47 Å². The summed E-state index contributed by atoms with van der Waals surface area (Å²) in [6.45, 7) is 0.821. The van der Waals surface area contributed by atoms with Gasteiger partial charge in [-0.15, -0.1) is 10.2 Å². The minimum Gasteiger partial charge on any atom is -0.480 e. The van der Waals surface area contributed by atoms with Crippen molar-refractivity contribution in [1.82, 2.24) is 10.2 Å². The highest BCUT2D eigenvalue weighted by molar-refractivity contribution is 5.94. The Morgan fingerprint density at radius 2 is 2.41 bits per heavy atom. The molecule has 5 nitrogen and oxygen atoms in total. The van der Waals surface area contributed by atoms with Crippen LogP contribution in [0.25, 0.3) is 0 Å². The second-order valence-electron chi connectivity index (χ2n) is 4.06. The van der Waals surface area contributed by atoms with E-state index in [0.29, 0.717) is 18.0 Å². The molecule has 5 heteroatoms. The van der Waals surface area contributed by atoms with Crippen LogP contribution in [-0.2, 0) is 4.74 Å². The maximum absolute atomic E-state index is 11.8. The van der Waals surface area contributed by atoms with Gasteiger partial charge in [0.05, 0.1) is 13.2 Å². The van der Waals surface area contributed by atoms with E-state index in [1.165, 1.54) is 7.11 Å². The van der Waals surface area contributed by atoms with Gasteiger partial charge in [-0.05, 0) is 25.3 Å². The zero-order valence-electron chi connectivity index (χ0n) is 9.89. The highest BCUT2D eigenvalue weighted by Gasteiger charge is 2.17. The third-order valence-electron chi connectivity index (χ3n) is 2.85. The molecule has 0 bridgehead atoms. The highest BCUT2D eigenvalue weighted by atomic mass is 16.5. The fourth-order valence-electron chi connectivity index (χ4n) is 1.87. The lowest BCUT2D eigenvalue weighted by atomic mass is 10.1. The van der Waals surface area contributed by atoms with E-state index in [1.807, 2.05) is 0 Å². The number of rotatable bonds is 5. The summed E-state index contributed by atoms with van der Waals surface area (Å²) in [6.07, 6.45) is 3.63. The van der Waals surface area contributed by atoms with Crippen LogP contribution in [0.3, 0.4) is 0 Å². The molecule has 2 rings (SSSR count). The topological polar surface area (TPSA) is 61.3 Å². The van der Waals surface area contributed by atoms with E-state index in [4.69, 9.17) is 9.47 Å². The van der Waals surface area contributed by atoms with Gasteiger partial charge in [-0.25, -0.2) is 0 Å². The summed E-state index contributed by atoms with van der Waals surface area (Å²) in [4.78, 5) is 11.8. The maximum atomic E-state index is 11.8. The largest absolute Gasteiger partial charge is 0.480 e. The number of hydrogen-bond acceptors (Lipinski definition) is 5. The van der Waals surface area contributed by atoms with E-state index < -0.39 is 0 Å². The number of carbonyl (C=O) groups is 1. The molecular weight excluding hydrogens is 220 g/mol. The Balaban J connectivity index is 1.85. The minimum absolute atomic E-state index is 0.00986. The van der Waals surface area contributed by atoms with Crippen LogP contribution >= 0.6 is 0 Å². The van der Waals surface area contributed by atoms with Gasteiger partial charge in [0.1, 0.15) is 5.69 Å². The van der Waals surface area contributed by atoms with E-state index in [-0.39, 0.29) is 11.9 Å². The van der Waals surface area contributed by atoms with Crippen molar-refractivity contribution in [2.45, 2.75) is 31.8 Å². The molecular formula is C12H16N2O3. The molecule has 92 valence electrons. The lowest BCUT2D eigenvalue weighted by molar-refractivity contribution is 0.0855. The molecule has 17 heavy (non-hydrogen) atoms.